The highest BCUT2D eigenvalue weighted by Crippen LogP contribution is 2.28. The van der Waals surface area contributed by atoms with Gasteiger partial charge in [0.05, 0.1) is 31.8 Å². The number of hydrazone groups is 1. The van der Waals surface area contributed by atoms with Gasteiger partial charge in [-0.2, -0.15) is 5.10 Å². The van der Waals surface area contributed by atoms with Crippen LogP contribution >= 0.6 is 0 Å². The van der Waals surface area contributed by atoms with E-state index in [-0.39, 0.29) is 18.0 Å². The fraction of sp³-hybridized carbons (Fsp3) is 0.182. The molecule has 3 rings (SSSR count). The summed E-state index contributed by atoms with van der Waals surface area (Å²) in [6.07, 6.45) is 1.47. The Bertz CT molecular complexity index is 1140. The fourth-order valence-corrected chi connectivity index (χ4v) is 2.92. The number of nitrogens with zero attached hydrogens (tertiary/aromatic N) is 2. The summed E-state index contributed by atoms with van der Waals surface area (Å²) >= 11 is 0. The van der Waals surface area contributed by atoms with Gasteiger partial charge in [-0.25, -0.2) is 5.43 Å². The van der Waals surface area contributed by atoms with Crippen LogP contribution in [-0.2, 0) is 11.2 Å². The van der Waals surface area contributed by atoms with E-state index in [0.29, 0.717) is 34.1 Å². The normalized spacial score (nSPS) is 10.8. The quantitative estimate of drug-likeness (QED) is 0.334. The van der Waals surface area contributed by atoms with E-state index < -0.39 is 4.92 Å². The molecule has 0 bridgehead atoms. The molecule has 1 N–H and O–H groups in total. The molecule has 9 nitrogen and oxygen atoms in total. The van der Waals surface area contributed by atoms with Gasteiger partial charge in [0.1, 0.15) is 11.5 Å². The molecule has 1 heterocycles. The average molecular weight is 423 g/mol. The third-order valence-electron chi connectivity index (χ3n) is 4.51. The van der Waals surface area contributed by atoms with Gasteiger partial charge in [0.15, 0.2) is 11.5 Å². The number of furan rings is 1. The van der Waals surface area contributed by atoms with E-state index in [0.717, 1.165) is 5.56 Å². The van der Waals surface area contributed by atoms with Gasteiger partial charge in [0, 0.05) is 17.2 Å². The topological polar surface area (TPSA) is 116 Å². The molecule has 0 aliphatic carbocycles. The molecule has 0 spiro atoms. The summed E-state index contributed by atoms with van der Waals surface area (Å²) in [5.41, 5.74) is 4.34. The molecule has 1 aromatic heterocycles. The minimum absolute atomic E-state index is 0.0199. The fourth-order valence-electron chi connectivity index (χ4n) is 2.92. The standard InChI is InChI=1S/C22H21N3O6/c1-14-4-6-16(12-18(14)25(27)28)19-9-7-17(31-19)13-23-24-22(26)11-15-5-8-20(29-2)21(10-15)30-3/h4-10,12-13H,11H2,1-3H3,(H,24,26)/b23-13-. The second-order valence-corrected chi connectivity index (χ2v) is 6.62. The molecule has 2 aromatic carbocycles. The Morgan fingerprint density at radius 1 is 1.13 bits per heavy atom. The van der Waals surface area contributed by atoms with Crippen molar-refractivity contribution in [3.05, 3.63) is 75.5 Å². The lowest BCUT2D eigenvalue weighted by Gasteiger charge is -2.09. The van der Waals surface area contributed by atoms with Crippen LogP contribution in [0.3, 0.4) is 0 Å². The van der Waals surface area contributed by atoms with E-state index in [9.17, 15) is 14.9 Å². The summed E-state index contributed by atoms with van der Waals surface area (Å²) in [5.74, 6) is 1.66. The zero-order valence-corrected chi connectivity index (χ0v) is 17.2. The minimum atomic E-state index is -0.432. The lowest BCUT2D eigenvalue weighted by Crippen LogP contribution is -2.19. The highest BCUT2D eigenvalue weighted by molar-refractivity contribution is 5.82. The van der Waals surface area contributed by atoms with E-state index >= 15 is 0 Å². The van der Waals surface area contributed by atoms with Gasteiger partial charge < -0.3 is 13.9 Å². The third kappa shape index (κ3) is 5.27. The highest BCUT2D eigenvalue weighted by Gasteiger charge is 2.14. The maximum atomic E-state index is 12.1. The lowest BCUT2D eigenvalue weighted by atomic mass is 10.1. The molecule has 0 radical (unpaired) electrons. The second kappa shape index (κ2) is 9.57. The molecule has 0 saturated heterocycles. The van der Waals surface area contributed by atoms with Gasteiger partial charge >= 0.3 is 0 Å². The highest BCUT2D eigenvalue weighted by atomic mass is 16.6. The van der Waals surface area contributed by atoms with E-state index in [1.165, 1.54) is 19.4 Å². The first-order valence-electron chi connectivity index (χ1n) is 9.29. The SMILES string of the molecule is COc1ccc(CC(=O)N/N=C\c2ccc(-c3ccc(C)c([N+](=O)[O-])c3)o2)cc1OC. The van der Waals surface area contributed by atoms with Crippen molar-refractivity contribution in [2.75, 3.05) is 14.2 Å². The Balaban J connectivity index is 1.62. The molecule has 1 amide bonds. The molecule has 0 fully saturated rings. The van der Waals surface area contributed by atoms with Crippen molar-refractivity contribution in [3.8, 4) is 22.8 Å². The number of rotatable bonds is 8. The number of methoxy groups -OCH3 is 2. The minimum Gasteiger partial charge on any atom is -0.493 e. The maximum Gasteiger partial charge on any atom is 0.273 e. The summed E-state index contributed by atoms with van der Waals surface area (Å²) in [4.78, 5) is 22.8. The first-order chi connectivity index (χ1) is 14.9. The second-order valence-electron chi connectivity index (χ2n) is 6.62. The number of carbonyl (C=O) groups excluding carboxylic acids is 1. The summed E-state index contributed by atoms with van der Waals surface area (Å²) in [6.45, 7) is 1.67. The molecule has 0 saturated carbocycles. The molecule has 31 heavy (non-hydrogen) atoms. The van der Waals surface area contributed by atoms with Gasteiger partial charge in [-0.15, -0.1) is 0 Å². The van der Waals surface area contributed by atoms with Gasteiger partial charge in [-0.1, -0.05) is 18.2 Å². The molecule has 0 atom stereocenters. The van der Waals surface area contributed by atoms with E-state index in [1.807, 2.05) is 0 Å². The number of carbonyl (C=O) groups is 1. The third-order valence-corrected chi connectivity index (χ3v) is 4.51. The van der Waals surface area contributed by atoms with Crippen LogP contribution in [0.5, 0.6) is 11.5 Å². The van der Waals surface area contributed by atoms with Crippen LogP contribution in [0.1, 0.15) is 16.9 Å². The van der Waals surface area contributed by atoms with Crippen LogP contribution in [-0.4, -0.2) is 31.3 Å². The van der Waals surface area contributed by atoms with Gasteiger partial charge in [-0.05, 0) is 36.8 Å². The van der Waals surface area contributed by atoms with Gasteiger partial charge in [-0.3, -0.25) is 14.9 Å². The Morgan fingerprint density at radius 2 is 1.90 bits per heavy atom. The molecule has 0 unspecified atom stereocenters. The Labute approximate surface area is 178 Å². The zero-order valence-electron chi connectivity index (χ0n) is 17.2. The number of nitro benzene ring substituents is 1. The number of benzene rings is 2. The largest absolute Gasteiger partial charge is 0.493 e. The molecular weight excluding hydrogens is 402 g/mol. The summed E-state index contributed by atoms with van der Waals surface area (Å²) in [5, 5.41) is 15.0. The average Bonchev–Trinajstić information content (AvgIpc) is 3.22. The first kappa shape index (κ1) is 21.6. The predicted octanol–water partition coefficient (Wildman–Crippen LogP) is 3.87. The number of aryl methyl sites for hydroxylation is 1. The van der Waals surface area contributed by atoms with Crippen LogP contribution in [0.15, 0.2) is 58.0 Å². The molecule has 160 valence electrons. The van der Waals surface area contributed by atoms with Crippen molar-refractivity contribution in [3.63, 3.8) is 0 Å². The van der Waals surface area contributed by atoms with E-state index in [1.54, 1.807) is 56.5 Å². The molecule has 0 aliphatic heterocycles. The summed E-state index contributed by atoms with van der Waals surface area (Å²) < 4.78 is 16.0. The lowest BCUT2D eigenvalue weighted by molar-refractivity contribution is -0.385. The van der Waals surface area contributed by atoms with Crippen LogP contribution in [0.2, 0.25) is 0 Å². The van der Waals surface area contributed by atoms with Crippen LogP contribution in [0, 0.1) is 17.0 Å². The molecule has 3 aromatic rings. The number of hydrogen-bond acceptors (Lipinski definition) is 7. The van der Waals surface area contributed by atoms with E-state index in [4.69, 9.17) is 13.9 Å². The number of nitrogens with one attached hydrogen (secondary N) is 1. The number of ether oxygens (including phenoxy) is 2. The number of nitro groups is 1. The number of amides is 1. The van der Waals surface area contributed by atoms with Crippen molar-refractivity contribution in [2.45, 2.75) is 13.3 Å². The molecule has 0 aliphatic rings. The number of hydrogen-bond donors (Lipinski definition) is 1. The van der Waals surface area contributed by atoms with Crippen LogP contribution in [0.4, 0.5) is 5.69 Å². The summed E-state index contributed by atoms with van der Waals surface area (Å²) in [6, 6.07) is 13.4. The van der Waals surface area contributed by atoms with Gasteiger partial charge in [0.2, 0.25) is 5.91 Å². The Kier molecular flexibility index (Phi) is 6.66. The van der Waals surface area contributed by atoms with Crippen LogP contribution < -0.4 is 14.9 Å². The predicted molar refractivity (Wildman–Crippen MR) is 115 cm³/mol. The monoisotopic (exact) mass is 423 g/mol. The van der Waals surface area contributed by atoms with Crippen molar-refractivity contribution >= 4 is 17.8 Å². The smallest absolute Gasteiger partial charge is 0.273 e. The zero-order chi connectivity index (χ0) is 22.4. The van der Waals surface area contributed by atoms with E-state index in [2.05, 4.69) is 10.5 Å². The Hall–Kier alpha value is -4.14. The Morgan fingerprint density at radius 3 is 2.61 bits per heavy atom. The maximum absolute atomic E-state index is 12.1. The van der Waals surface area contributed by atoms with Crippen molar-refractivity contribution < 1.29 is 23.6 Å². The van der Waals surface area contributed by atoms with Crippen molar-refractivity contribution in [1.82, 2.24) is 5.43 Å². The molecular formula is C22H21N3O6. The molecule has 9 heteroatoms. The first-order valence-corrected chi connectivity index (χ1v) is 9.29. The van der Waals surface area contributed by atoms with Crippen molar-refractivity contribution in [2.24, 2.45) is 5.10 Å². The van der Waals surface area contributed by atoms with Gasteiger partial charge in [0.25, 0.3) is 5.69 Å². The van der Waals surface area contributed by atoms with Crippen LogP contribution in [0.25, 0.3) is 11.3 Å². The van der Waals surface area contributed by atoms with Crippen molar-refractivity contribution in [1.29, 1.82) is 0 Å². The summed E-state index contributed by atoms with van der Waals surface area (Å²) in [7, 11) is 3.07.